The fourth-order valence-corrected chi connectivity index (χ4v) is 4.01. The molecule has 4 heteroatoms. The second kappa shape index (κ2) is 6.89. The largest absolute Gasteiger partial charge is 0.306 e. The highest BCUT2D eigenvalue weighted by atomic mass is 32.1. The van der Waals surface area contributed by atoms with Gasteiger partial charge in [0.1, 0.15) is 0 Å². The van der Waals surface area contributed by atoms with Crippen molar-refractivity contribution in [3.8, 4) is 0 Å². The second-order valence-electron chi connectivity index (χ2n) is 6.61. The van der Waals surface area contributed by atoms with Crippen molar-refractivity contribution < 1.29 is 4.79 Å². The highest BCUT2D eigenvalue weighted by Gasteiger charge is 2.25. The lowest BCUT2D eigenvalue weighted by Gasteiger charge is -2.23. The van der Waals surface area contributed by atoms with Crippen molar-refractivity contribution in [2.24, 2.45) is 4.99 Å². The molecule has 0 fully saturated rings. The number of amides is 1. The predicted octanol–water partition coefficient (Wildman–Crippen LogP) is 5.42. The van der Waals surface area contributed by atoms with E-state index in [2.05, 4.69) is 32.0 Å². The number of carbonyl (C=O) groups is 1. The molecule has 3 aromatic rings. The predicted molar refractivity (Wildman–Crippen MR) is 109 cm³/mol. The molecular formula is C22H20N2OS. The van der Waals surface area contributed by atoms with Gasteiger partial charge in [0.15, 0.2) is 0 Å². The fraction of sp³-hybridized carbons (Fsp3) is 0.182. The minimum Gasteiger partial charge on any atom is -0.306 e. The van der Waals surface area contributed by atoms with Gasteiger partial charge in [0, 0.05) is 4.88 Å². The van der Waals surface area contributed by atoms with E-state index in [1.54, 1.807) is 11.3 Å². The molecule has 0 saturated carbocycles. The average molecular weight is 360 g/mol. The molecule has 1 aliphatic heterocycles. The number of carbonyl (C=O) groups excluding carboxylic acids is 1. The third-order valence-corrected chi connectivity index (χ3v) is 5.60. The molecule has 2 aromatic carbocycles. The summed E-state index contributed by atoms with van der Waals surface area (Å²) < 4.78 is 0. The maximum atomic E-state index is 13.1. The number of aliphatic imine (C=N–C) groups is 1. The standard InChI is InChI=1S/C22H20N2OS/c1-15-9-10-17(16(2)12-15)14-24-20-7-4-3-6-18(20)23-19(13-22(24)25)21-8-5-11-26-21/h3-12H,13-14H2,1-2H3. The third kappa shape index (κ3) is 3.20. The summed E-state index contributed by atoms with van der Waals surface area (Å²) in [7, 11) is 0. The molecule has 0 spiro atoms. The van der Waals surface area contributed by atoms with Crippen molar-refractivity contribution in [3.63, 3.8) is 0 Å². The Morgan fingerprint density at radius 2 is 1.92 bits per heavy atom. The zero-order valence-corrected chi connectivity index (χ0v) is 15.7. The zero-order valence-electron chi connectivity index (χ0n) is 14.9. The van der Waals surface area contributed by atoms with Gasteiger partial charge in [-0.15, -0.1) is 11.3 Å². The van der Waals surface area contributed by atoms with Crippen LogP contribution < -0.4 is 4.90 Å². The lowest BCUT2D eigenvalue weighted by atomic mass is 10.0. The van der Waals surface area contributed by atoms with E-state index in [4.69, 9.17) is 4.99 Å². The lowest BCUT2D eigenvalue weighted by molar-refractivity contribution is -0.117. The smallest absolute Gasteiger partial charge is 0.233 e. The molecule has 0 unspecified atom stereocenters. The van der Waals surface area contributed by atoms with Crippen LogP contribution in [0.25, 0.3) is 0 Å². The van der Waals surface area contributed by atoms with E-state index in [0.29, 0.717) is 13.0 Å². The highest BCUT2D eigenvalue weighted by Crippen LogP contribution is 2.34. The number of hydrogen-bond acceptors (Lipinski definition) is 3. The molecule has 0 N–H and O–H groups in total. The van der Waals surface area contributed by atoms with E-state index in [1.807, 2.05) is 46.7 Å². The van der Waals surface area contributed by atoms with Crippen molar-refractivity contribution in [2.75, 3.05) is 4.90 Å². The number of para-hydroxylation sites is 2. The van der Waals surface area contributed by atoms with E-state index in [-0.39, 0.29) is 5.91 Å². The molecular weight excluding hydrogens is 340 g/mol. The first-order valence-corrected chi connectivity index (χ1v) is 9.57. The van der Waals surface area contributed by atoms with Gasteiger partial charge in [-0.2, -0.15) is 0 Å². The number of benzene rings is 2. The minimum atomic E-state index is 0.0853. The number of fused-ring (bicyclic) bond motifs is 1. The van der Waals surface area contributed by atoms with E-state index in [0.717, 1.165) is 22.0 Å². The molecule has 0 bridgehead atoms. The van der Waals surface area contributed by atoms with Crippen molar-refractivity contribution in [3.05, 3.63) is 81.5 Å². The van der Waals surface area contributed by atoms with Gasteiger partial charge >= 0.3 is 0 Å². The summed E-state index contributed by atoms with van der Waals surface area (Å²) in [5.74, 6) is 0.0853. The van der Waals surface area contributed by atoms with Crippen molar-refractivity contribution >= 4 is 34.3 Å². The molecule has 130 valence electrons. The average Bonchev–Trinajstić information content (AvgIpc) is 3.11. The van der Waals surface area contributed by atoms with Crippen LogP contribution in [0.3, 0.4) is 0 Å². The zero-order chi connectivity index (χ0) is 18.1. The molecule has 4 rings (SSSR count). The topological polar surface area (TPSA) is 32.7 Å². The van der Waals surface area contributed by atoms with Gasteiger partial charge in [-0.1, -0.05) is 42.0 Å². The third-order valence-electron chi connectivity index (χ3n) is 4.68. The number of hydrogen-bond donors (Lipinski definition) is 0. The molecule has 0 aliphatic carbocycles. The SMILES string of the molecule is Cc1ccc(CN2C(=O)CC(c3cccs3)=Nc3ccccc32)c(C)c1. The van der Waals surface area contributed by atoms with E-state index < -0.39 is 0 Å². The van der Waals surface area contributed by atoms with Gasteiger partial charge in [-0.3, -0.25) is 4.79 Å². The Kier molecular flexibility index (Phi) is 4.43. The summed E-state index contributed by atoms with van der Waals surface area (Å²) in [6.45, 7) is 4.75. The van der Waals surface area contributed by atoms with Crippen LogP contribution in [0.2, 0.25) is 0 Å². The number of anilines is 1. The number of thiophene rings is 1. The van der Waals surface area contributed by atoms with Gasteiger partial charge in [-0.25, -0.2) is 4.99 Å². The number of aryl methyl sites for hydroxylation is 2. The summed E-state index contributed by atoms with van der Waals surface area (Å²) in [6, 6.07) is 18.3. The number of rotatable bonds is 3. The second-order valence-corrected chi connectivity index (χ2v) is 7.56. The Labute approximate surface area is 157 Å². The summed E-state index contributed by atoms with van der Waals surface area (Å²) in [6.07, 6.45) is 0.320. The van der Waals surface area contributed by atoms with Crippen LogP contribution in [-0.4, -0.2) is 11.6 Å². The molecule has 1 aromatic heterocycles. The van der Waals surface area contributed by atoms with Gasteiger partial charge in [0.05, 0.1) is 30.1 Å². The van der Waals surface area contributed by atoms with Crippen molar-refractivity contribution in [1.82, 2.24) is 0 Å². The summed E-state index contributed by atoms with van der Waals surface area (Å²) in [5, 5.41) is 2.02. The quantitative estimate of drug-likeness (QED) is 0.613. The maximum absolute atomic E-state index is 13.1. The van der Waals surface area contributed by atoms with Crippen LogP contribution in [-0.2, 0) is 11.3 Å². The minimum absolute atomic E-state index is 0.0853. The Balaban J connectivity index is 1.75. The first-order chi connectivity index (χ1) is 12.6. The maximum Gasteiger partial charge on any atom is 0.233 e. The van der Waals surface area contributed by atoms with Crippen molar-refractivity contribution in [2.45, 2.75) is 26.8 Å². The van der Waals surface area contributed by atoms with E-state index >= 15 is 0 Å². The van der Waals surface area contributed by atoms with Gasteiger partial charge in [0.25, 0.3) is 0 Å². The van der Waals surface area contributed by atoms with E-state index in [1.165, 1.54) is 16.7 Å². The Hall–Kier alpha value is -2.72. The summed E-state index contributed by atoms with van der Waals surface area (Å²) >= 11 is 1.62. The Bertz CT molecular complexity index is 989. The Morgan fingerprint density at radius 1 is 1.08 bits per heavy atom. The monoisotopic (exact) mass is 360 g/mol. The first-order valence-electron chi connectivity index (χ1n) is 8.69. The van der Waals surface area contributed by atoms with Gasteiger partial charge < -0.3 is 4.90 Å². The molecule has 3 nitrogen and oxygen atoms in total. The van der Waals surface area contributed by atoms with Gasteiger partial charge in [-0.05, 0) is 48.6 Å². The van der Waals surface area contributed by atoms with Crippen LogP contribution in [0.15, 0.2) is 65.0 Å². The fourth-order valence-electron chi connectivity index (χ4n) is 3.30. The molecule has 0 radical (unpaired) electrons. The molecule has 0 saturated heterocycles. The van der Waals surface area contributed by atoms with Gasteiger partial charge in [0.2, 0.25) is 5.91 Å². The van der Waals surface area contributed by atoms with Crippen LogP contribution in [0.4, 0.5) is 11.4 Å². The van der Waals surface area contributed by atoms with E-state index in [9.17, 15) is 4.79 Å². The Morgan fingerprint density at radius 3 is 2.69 bits per heavy atom. The van der Waals surface area contributed by atoms with Crippen LogP contribution in [0.5, 0.6) is 0 Å². The van der Waals surface area contributed by atoms with Crippen LogP contribution in [0.1, 0.15) is 28.0 Å². The normalized spacial score (nSPS) is 14.0. The number of nitrogens with zero attached hydrogens (tertiary/aromatic N) is 2. The lowest BCUT2D eigenvalue weighted by Crippen LogP contribution is -2.31. The van der Waals surface area contributed by atoms with Crippen molar-refractivity contribution in [1.29, 1.82) is 0 Å². The first kappa shape index (κ1) is 16.7. The highest BCUT2D eigenvalue weighted by molar-refractivity contribution is 7.12. The molecule has 2 heterocycles. The molecule has 1 amide bonds. The van der Waals surface area contributed by atoms with Crippen LogP contribution in [0, 0.1) is 13.8 Å². The molecule has 26 heavy (non-hydrogen) atoms. The molecule has 1 aliphatic rings. The van der Waals surface area contributed by atoms with Crippen LogP contribution >= 0.6 is 11.3 Å². The summed E-state index contributed by atoms with van der Waals surface area (Å²) in [4.78, 5) is 20.9. The summed E-state index contributed by atoms with van der Waals surface area (Å²) in [5.41, 5.74) is 6.19. The molecule has 0 atom stereocenters.